The first kappa shape index (κ1) is 11.5. The average Bonchev–Trinajstić information content (AvgIpc) is 2.28. The Morgan fingerprint density at radius 3 is 2.71 bits per heavy atom. The lowest BCUT2D eigenvalue weighted by Gasteiger charge is -2.09. The largest absolute Gasteiger partial charge is 0.508 e. The second kappa shape index (κ2) is 4.51. The van der Waals surface area contributed by atoms with Crippen LogP contribution in [0.3, 0.4) is 0 Å². The highest BCUT2D eigenvalue weighted by Crippen LogP contribution is 2.21. The minimum atomic E-state index is -0.0757. The number of aromatic nitrogens is 2. The van der Waals surface area contributed by atoms with Gasteiger partial charge in [0.25, 0.3) is 0 Å². The van der Waals surface area contributed by atoms with Crippen LogP contribution in [0.5, 0.6) is 5.75 Å². The zero-order chi connectivity index (χ0) is 12.4. The third-order valence-corrected chi connectivity index (χ3v) is 2.61. The number of benzene rings is 1. The number of hydrogen-bond acceptors (Lipinski definition) is 4. The van der Waals surface area contributed by atoms with Gasteiger partial charge in [0.1, 0.15) is 5.75 Å². The molecule has 0 saturated carbocycles. The van der Waals surface area contributed by atoms with E-state index in [1.807, 2.05) is 19.9 Å². The van der Waals surface area contributed by atoms with Gasteiger partial charge in [0.2, 0.25) is 0 Å². The van der Waals surface area contributed by atoms with Gasteiger partial charge in [0.15, 0.2) is 5.82 Å². The summed E-state index contributed by atoms with van der Waals surface area (Å²) < 4.78 is 0. The average molecular weight is 229 g/mol. The first-order valence-electron chi connectivity index (χ1n) is 5.46. The quantitative estimate of drug-likeness (QED) is 0.827. The molecule has 1 atom stereocenters. The summed E-state index contributed by atoms with van der Waals surface area (Å²) in [6, 6.07) is 6.81. The molecule has 0 unspecified atom stereocenters. The maximum Gasteiger partial charge on any atom is 0.159 e. The van der Waals surface area contributed by atoms with Crippen molar-refractivity contribution in [1.29, 1.82) is 0 Å². The fourth-order valence-corrected chi connectivity index (χ4v) is 1.71. The van der Waals surface area contributed by atoms with Gasteiger partial charge in [0.05, 0.1) is 0 Å². The van der Waals surface area contributed by atoms with Crippen molar-refractivity contribution in [2.24, 2.45) is 5.73 Å². The maximum atomic E-state index is 9.41. The molecule has 0 aliphatic heterocycles. The lowest BCUT2D eigenvalue weighted by atomic mass is 10.1. The highest BCUT2D eigenvalue weighted by atomic mass is 16.3. The Kier molecular flexibility index (Phi) is 3.06. The summed E-state index contributed by atoms with van der Waals surface area (Å²) in [5.74, 6) is 0.808. The van der Waals surface area contributed by atoms with Crippen LogP contribution >= 0.6 is 0 Å². The minimum Gasteiger partial charge on any atom is -0.508 e. The van der Waals surface area contributed by atoms with E-state index in [-0.39, 0.29) is 11.8 Å². The van der Waals surface area contributed by atoms with Gasteiger partial charge in [-0.05, 0) is 26.0 Å². The summed E-state index contributed by atoms with van der Waals surface area (Å²) in [5, 5.41) is 9.41. The molecule has 0 fully saturated rings. The van der Waals surface area contributed by atoms with Gasteiger partial charge in [-0.25, -0.2) is 9.97 Å². The lowest BCUT2D eigenvalue weighted by Crippen LogP contribution is -2.09. The highest BCUT2D eigenvalue weighted by Gasteiger charge is 2.08. The van der Waals surface area contributed by atoms with Crippen molar-refractivity contribution in [3.8, 4) is 17.1 Å². The van der Waals surface area contributed by atoms with Crippen molar-refractivity contribution >= 4 is 0 Å². The minimum absolute atomic E-state index is 0.0757. The first-order valence-corrected chi connectivity index (χ1v) is 5.46. The molecular weight excluding hydrogens is 214 g/mol. The van der Waals surface area contributed by atoms with E-state index in [0.717, 1.165) is 16.8 Å². The Morgan fingerprint density at radius 2 is 2.12 bits per heavy atom. The number of hydrogen-bond donors (Lipinski definition) is 2. The molecule has 0 amide bonds. The molecule has 0 spiro atoms. The van der Waals surface area contributed by atoms with Crippen LogP contribution in [-0.4, -0.2) is 15.1 Å². The topological polar surface area (TPSA) is 72.0 Å². The van der Waals surface area contributed by atoms with E-state index < -0.39 is 0 Å². The monoisotopic (exact) mass is 229 g/mol. The fourth-order valence-electron chi connectivity index (χ4n) is 1.71. The molecule has 0 aliphatic rings. The van der Waals surface area contributed by atoms with Crippen LogP contribution < -0.4 is 5.73 Å². The molecule has 0 saturated heterocycles. The van der Waals surface area contributed by atoms with Gasteiger partial charge in [-0.3, -0.25) is 0 Å². The molecule has 0 radical (unpaired) electrons. The van der Waals surface area contributed by atoms with Crippen molar-refractivity contribution in [1.82, 2.24) is 9.97 Å². The van der Waals surface area contributed by atoms with Crippen LogP contribution in [-0.2, 0) is 0 Å². The van der Waals surface area contributed by atoms with Crippen LogP contribution in [0.25, 0.3) is 11.4 Å². The maximum absolute atomic E-state index is 9.41. The summed E-state index contributed by atoms with van der Waals surface area (Å²) in [7, 11) is 0. The number of phenols is 1. The van der Waals surface area contributed by atoms with E-state index in [1.54, 1.807) is 24.4 Å². The molecule has 88 valence electrons. The van der Waals surface area contributed by atoms with Crippen molar-refractivity contribution < 1.29 is 5.11 Å². The second-order valence-electron chi connectivity index (χ2n) is 4.07. The van der Waals surface area contributed by atoms with Crippen LogP contribution in [0.2, 0.25) is 0 Å². The molecule has 0 bridgehead atoms. The molecule has 2 rings (SSSR count). The standard InChI is InChI=1S/C13H15N3O/c1-8(14)12-7-15-13(16-9(12)2)10-4-3-5-11(17)6-10/h3-8,17H,14H2,1-2H3/t8-/m0/s1. The molecule has 1 heterocycles. The van der Waals surface area contributed by atoms with Gasteiger partial charge >= 0.3 is 0 Å². The summed E-state index contributed by atoms with van der Waals surface area (Å²) >= 11 is 0. The molecule has 17 heavy (non-hydrogen) atoms. The summed E-state index contributed by atoms with van der Waals surface area (Å²) in [4.78, 5) is 8.67. The Labute approximate surface area is 100 Å². The molecule has 4 nitrogen and oxygen atoms in total. The van der Waals surface area contributed by atoms with E-state index in [9.17, 15) is 5.11 Å². The van der Waals surface area contributed by atoms with E-state index in [4.69, 9.17) is 5.73 Å². The van der Waals surface area contributed by atoms with Crippen LogP contribution in [0.15, 0.2) is 30.5 Å². The van der Waals surface area contributed by atoms with E-state index in [1.165, 1.54) is 0 Å². The zero-order valence-corrected chi connectivity index (χ0v) is 9.88. The predicted octanol–water partition coefficient (Wildman–Crippen LogP) is 2.18. The number of nitrogens with zero attached hydrogens (tertiary/aromatic N) is 2. The molecule has 1 aromatic carbocycles. The van der Waals surface area contributed by atoms with Crippen molar-refractivity contribution in [2.45, 2.75) is 19.9 Å². The fraction of sp³-hybridized carbons (Fsp3) is 0.231. The second-order valence-corrected chi connectivity index (χ2v) is 4.07. The Hall–Kier alpha value is -1.94. The van der Waals surface area contributed by atoms with E-state index in [0.29, 0.717) is 5.82 Å². The lowest BCUT2D eigenvalue weighted by molar-refractivity contribution is 0.475. The number of aromatic hydroxyl groups is 1. The molecule has 0 aliphatic carbocycles. The third kappa shape index (κ3) is 2.42. The smallest absolute Gasteiger partial charge is 0.159 e. The number of aryl methyl sites for hydroxylation is 1. The number of phenolic OH excluding ortho intramolecular Hbond substituents is 1. The molecule has 4 heteroatoms. The van der Waals surface area contributed by atoms with Gasteiger partial charge in [-0.2, -0.15) is 0 Å². The van der Waals surface area contributed by atoms with Crippen LogP contribution in [0.4, 0.5) is 0 Å². The van der Waals surface area contributed by atoms with Crippen molar-refractivity contribution in [3.05, 3.63) is 41.7 Å². The van der Waals surface area contributed by atoms with E-state index >= 15 is 0 Å². The first-order chi connectivity index (χ1) is 8.08. The van der Waals surface area contributed by atoms with Gasteiger partial charge in [0, 0.05) is 29.1 Å². The summed E-state index contributed by atoms with van der Waals surface area (Å²) in [5.41, 5.74) is 8.41. The third-order valence-electron chi connectivity index (χ3n) is 2.61. The van der Waals surface area contributed by atoms with Gasteiger partial charge in [-0.15, -0.1) is 0 Å². The van der Waals surface area contributed by atoms with Gasteiger partial charge in [-0.1, -0.05) is 12.1 Å². The van der Waals surface area contributed by atoms with Crippen LogP contribution in [0, 0.1) is 6.92 Å². The van der Waals surface area contributed by atoms with Crippen molar-refractivity contribution in [3.63, 3.8) is 0 Å². The molecule has 1 aromatic heterocycles. The van der Waals surface area contributed by atoms with Crippen LogP contribution in [0.1, 0.15) is 24.2 Å². The van der Waals surface area contributed by atoms with E-state index in [2.05, 4.69) is 9.97 Å². The normalized spacial score (nSPS) is 12.4. The Morgan fingerprint density at radius 1 is 1.35 bits per heavy atom. The zero-order valence-electron chi connectivity index (χ0n) is 9.88. The summed E-state index contributed by atoms with van der Waals surface area (Å²) in [6.07, 6.45) is 1.74. The number of rotatable bonds is 2. The predicted molar refractivity (Wildman–Crippen MR) is 66.5 cm³/mol. The highest BCUT2D eigenvalue weighted by molar-refractivity contribution is 5.57. The molecule has 2 aromatic rings. The summed E-state index contributed by atoms with van der Waals surface area (Å²) in [6.45, 7) is 3.81. The van der Waals surface area contributed by atoms with Gasteiger partial charge < -0.3 is 10.8 Å². The number of nitrogens with two attached hydrogens (primary N) is 1. The Bertz CT molecular complexity index is 538. The molecular formula is C13H15N3O. The molecule has 3 N–H and O–H groups in total. The Balaban J connectivity index is 2.44. The SMILES string of the molecule is Cc1nc(-c2cccc(O)c2)ncc1[C@H](C)N. The van der Waals surface area contributed by atoms with Crippen molar-refractivity contribution in [2.75, 3.05) is 0 Å².